The Morgan fingerprint density at radius 1 is 1.23 bits per heavy atom. The number of carbonyl (C=O) groups excluding carboxylic acids is 1. The van der Waals surface area contributed by atoms with Crippen LogP contribution in [0.2, 0.25) is 0 Å². The van der Waals surface area contributed by atoms with Gasteiger partial charge in [-0.25, -0.2) is 8.78 Å². The van der Waals surface area contributed by atoms with E-state index in [2.05, 4.69) is 16.8 Å². The molecule has 1 amide bonds. The average Bonchev–Trinajstić information content (AvgIpc) is 3.26. The zero-order valence-corrected chi connectivity index (χ0v) is 14.1. The summed E-state index contributed by atoms with van der Waals surface area (Å²) in [7, 11) is 0. The molecule has 0 unspecified atom stereocenters. The van der Waals surface area contributed by atoms with Gasteiger partial charge in [0.1, 0.15) is 17.2 Å². The van der Waals surface area contributed by atoms with E-state index in [9.17, 15) is 13.6 Å². The zero-order valence-electron chi connectivity index (χ0n) is 14.1. The van der Waals surface area contributed by atoms with Crippen molar-refractivity contribution in [2.75, 3.05) is 6.54 Å². The Morgan fingerprint density at radius 2 is 2.00 bits per heavy atom. The molecule has 6 heteroatoms. The van der Waals surface area contributed by atoms with E-state index in [1.807, 2.05) is 4.90 Å². The second-order valence-electron chi connectivity index (χ2n) is 7.26. The summed E-state index contributed by atoms with van der Waals surface area (Å²) in [5.74, 6) is -1.15. The van der Waals surface area contributed by atoms with Crippen molar-refractivity contribution in [2.45, 2.75) is 37.1 Å². The van der Waals surface area contributed by atoms with Gasteiger partial charge in [-0.05, 0) is 48.6 Å². The summed E-state index contributed by atoms with van der Waals surface area (Å²) in [6.45, 7) is 4.96. The highest BCUT2D eigenvalue weighted by molar-refractivity contribution is 5.81. The Labute approximate surface area is 149 Å². The first-order valence-electron chi connectivity index (χ1n) is 8.86. The highest BCUT2D eigenvalue weighted by Crippen LogP contribution is 2.61. The van der Waals surface area contributed by atoms with Crippen LogP contribution in [0.3, 0.4) is 0 Å². The number of benzene rings is 1. The van der Waals surface area contributed by atoms with Crippen LogP contribution in [0.25, 0.3) is 11.3 Å². The first kappa shape index (κ1) is 15.6. The summed E-state index contributed by atoms with van der Waals surface area (Å²) in [5, 5.41) is 8.49. The van der Waals surface area contributed by atoms with Gasteiger partial charge in [-0.15, -0.1) is 5.10 Å². The van der Waals surface area contributed by atoms with Crippen LogP contribution in [0.15, 0.2) is 36.4 Å². The maximum absolute atomic E-state index is 14.1. The molecule has 0 spiro atoms. The Hall–Kier alpha value is -2.63. The Balaban J connectivity index is 1.68. The van der Waals surface area contributed by atoms with Crippen LogP contribution in [0.5, 0.6) is 0 Å². The van der Waals surface area contributed by atoms with Crippen molar-refractivity contribution in [3.63, 3.8) is 0 Å². The minimum Gasteiger partial charge on any atom is -0.327 e. The number of aromatic nitrogens is 2. The number of nitrogens with zero attached hydrogens (tertiary/aromatic N) is 3. The fraction of sp³-hybridized carbons (Fsp3) is 0.350. The molecule has 1 saturated carbocycles. The van der Waals surface area contributed by atoms with Gasteiger partial charge in [-0.2, -0.15) is 5.10 Å². The Morgan fingerprint density at radius 3 is 2.69 bits per heavy atom. The summed E-state index contributed by atoms with van der Waals surface area (Å²) < 4.78 is 28.3. The number of carbonyl (C=O) groups is 1. The van der Waals surface area contributed by atoms with Crippen molar-refractivity contribution in [2.24, 2.45) is 0 Å². The van der Waals surface area contributed by atoms with Crippen molar-refractivity contribution in [1.29, 1.82) is 0 Å². The lowest BCUT2D eigenvalue weighted by atomic mass is 9.88. The topological polar surface area (TPSA) is 46.1 Å². The molecule has 2 atom stereocenters. The Bertz CT molecular complexity index is 953. The molecule has 4 nitrogen and oxygen atoms in total. The third-order valence-electron chi connectivity index (χ3n) is 6.09. The van der Waals surface area contributed by atoms with Crippen molar-refractivity contribution in [3.8, 4) is 11.3 Å². The summed E-state index contributed by atoms with van der Waals surface area (Å²) in [5.41, 5.74) is 2.02. The maximum atomic E-state index is 14.1. The number of hydrogen-bond donors (Lipinski definition) is 0. The van der Waals surface area contributed by atoms with Crippen molar-refractivity contribution >= 4 is 5.91 Å². The van der Waals surface area contributed by atoms with Gasteiger partial charge < -0.3 is 4.90 Å². The molecular weight excluding hydrogens is 336 g/mol. The standard InChI is InChI=1S/C20H17F2N3O/c1-11-12-7-8-20(11,25-9-3-6-17(25)26)19-13(12)10-16(23-24-19)18-14(21)4-2-5-15(18)22/h2,4-5,10,12H,1,3,6-9H2/t12-,20-/m0/s1. The Kier molecular flexibility index (Phi) is 3.12. The van der Waals surface area contributed by atoms with Gasteiger partial charge in [0, 0.05) is 18.9 Å². The largest absolute Gasteiger partial charge is 0.327 e. The molecule has 2 heterocycles. The van der Waals surface area contributed by atoms with Crippen LogP contribution >= 0.6 is 0 Å². The van der Waals surface area contributed by atoms with Crippen LogP contribution in [0.4, 0.5) is 8.78 Å². The molecular formula is C20H17F2N3O. The van der Waals surface area contributed by atoms with Crippen LogP contribution in [0, 0.1) is 11.6 Å². The predicted octanol–water partition coefficient (Wildman–Crippen LogP) is 3.69. The number of amides is 1. The van der Waals surface area contributed by atoms with Gasteiger partial charge in [-0.1, -0.05) is 12.6 Å². The summed E-state index contributed by atoms with van der Waals surface area (Å²) >= 11 is 0. The van der Waals surface area contributed by atoms with E-state index in [-0.39, 0.29) is 23.1 Å². The van der Waals surface area contributed by atoms with Crippen molar-refractivity contribution < 1.29 is 13.6 Å². The predicted molar refractivity (Wildman–Crippen MR) is 91.1 cm³/mol. The van der Waals surface area contributed by atoms with Gasteiger partial charge in [0.2, 0.25) is 5.91 Å². The fourth-order valence-electron chi connectivity index (χ4n) is 4.94. The van der Waals surface area contributed by atoms with E-state index in [4.69, 9.17) is 0 Å². The van der Waals surface area contributed by atoms with Gasteiger partial charge in [0.15, 0.2) is 0 Å². The smallest absolute Gasteiger partial charge is 0.223 e. The van der Waals surface area contributed by atoms with Crippen LogP contribution in [0.1, 0.15) is 42.9 Å². The highest BCUT2D eigenvalue weighted by Gasteiger charge is 2.59. The summed E-state index contributed by atoms with van der Waals surface area (Å²) in [6, 6.07) is 5.47. The molecule has 2 aliphatic carbocycles. The number of fused-ring (bicyclic) bond motifs is 5. The minimum atomic E-state index is -0.661. The molecule has 1 saturated heterocycles. The summed E-state index contributed by atoms with van der Waals surface area (Å²) in [4.78, 5) is 14.3. The van der Waals surface area contributed by atoms with Crippen LogP contribution in [-0.2, 0) is 10.3 Å². The van der Waals surface area contributed by atoms with Crippen LogP contribution in [-0.4, -0.2) is 27.5 Å². The zero-order chi connectivity index (χ0) is 18.1. The van der Waals surface area contributed by atoms with Crippen molar-refractivity contribution in [1.82, 2.24) is 15.1 Å². The molecule has 1 aromatic carbocycles. The number of likely N-dealkylation sites (tertiary alicyclic amines) is 1. The number of rotatable bonds is 2. The monoisotopic (exact) mass is 353 g/mol. The first-order chi connectivity index (χ1) is 12.5. The van der Waals surface area contributed by atoms with Crippen LogP contribution < -0.4 is 0 Å². The molecule has 1 aromatic heterocycles. The molecule has 3 aliphatic rings. The lowest BCUT2D eigenvalue weighted by Crippen LogP contribution is -2.45. The number of hydrogen-bond acceptors (Lipinski definition) is 3. The van der Waals surface area contributed by atoms with E-state index in [1.165, 1.54) is 18.2 Å². The van der Waals surface area contributed by atoms with Gasteiger partial charge in [-0.3, -0.25) is 4.79 Å². The lowest BCUT2D eigenvalue weighted by molar-refractivity contribution is -0.132. The SMILES string of the molecule is C=C1[C@@H]2CC[C@@]1(N1CCCC1=O)c1nnc(-c3c(F)cccc3F)cc12. The molecule has 2 bridgehead atoms. The normalized spacial score (nSPS) is 26.7. The molecule has 0 N–H and O–H groups in total. The van der Waals surface area contributed by atoms with E-state index >= 15 is 0 Å². The highest BCUT2D eigenvalue weighted by atomic mass is 19.1. The second kappa shape index (κ2) is 5.19. The van der Waals surface area contributed by atoms with Gasteiger partial charge in [0.05, 0.1) is 17.0 Å². The lowest BCUT2D eigenvalue weighted by Gasteiger charge is -2.37. The third-order valence-corrected chi connectivity index (χ3v) is 6.09. The van der Waals surface area contributed by atoms with E-state index in [1.54, 1.807) is 6.07 Å². The third kappa shape index (κ3) is 1.79. The summed E-state index contributed by atoms with van der Waals surface area (Å²) in [6.07, 6.45) is 3.03. The molecule has 1 aliphatic heterocycles. The first-order valence-corrected chi connectivity index (χ1v) is 8.86. The molecule has 5 rings (SSSR count). The van der Waals surface area contributed by atoms with E-state index in [0.717, 1.165) is 36.1 Å². The molecule has 0 radical (unpaired) electrons. The average molecular weight is 353 g/mol. The van der Waals surface area contributed by atoms with E-state index in [0.29, 0.717) is 13.0 Å². The molecule has 2 aromatic rings. The molecule has 26 heavy (non-hydrogen) atoms. The minimum absolute atomic E-state index is 0.0579. The maximum Gasteiger partial charge on any atom is 0.223 e. The van der Waals surface area contributed by atoms with E-state index < -0.39 is 17.2 Å². The second-order valence-corrected chi connectivity index (χ2v) is 7.26. The molecule has 132 valence electrons. The molecule has 2 fully saturated rings. The number of halogens is 2. The van der Waals surface area contributed by atoms with Gasteiger partial charge >= 0.3 is 0 Å². The van der Waals surface area contributed by atoms with Gasteiger partial charge in [0.25, 0.3) is 0 Å². The fourth-order valence-corrected chi connectivity index (χ4v) is 4.94. The van der Waals surface area contributed by atoms with Crippen molar-refractivity contribution in [3.05, 3.63) is 59.3 Å². The quantitative estimate of drug-likeness (QED) is 0.774.